The van der Waals surface area contributed by atoms with Gasteiger partial charge in [0.1, 0.15) is 0 Å². The van der Waals surface area contributed by atoms with Crippen molar-refractivity contribution >= 4 is 46.9 Å². The van der Waals surface area contributed by atoms with Crippen LogP contribution in [0.3, 0.4) is 0 Å². The van der Waals surface area contributed by atoms with Crippen molar-refractivity contribution in [1.82, 2.24) is 15.5 Å². The Kier molecular flexibility index (Phi) is 9.73. The molecule has 0 spiro atoms. The Morgan fingerprint density at radius 2 is 1.76 bits per heavy atom. The molecule has 2 unspecified atom stereocenters. The van der Waals surface area contributed by atoms with Gasteiger partial charge in [0.25, 0.3) is 5.91 Å². The first kappa shape index (κ1) is 27.9. The van der Waals surface area contributed by atoms with E-state index in [9.17, 15) is 24.3 Å². The first-order valence-electron chi connectivity index (χ1n) is 9.89. The molecule has 0 aliphatic carbocycles. The fourth-order valence-corrected chi connectivity index (χ4v) is 4.03. The monoisotopic (exact) mass is 513 g/mol. The number of urea groups is 1. The Labute approximate surface area is 230 Å². The molecule has 2 aromatic carbocycles. The summed E-state index contributed by atoms with van der Waals surface area (Å²) in [5.41, 5.74) is 2.26. The summed E-state index contributed by atoms with van der Waals surface area (Å²) in [4.78, 5) is 50.0. The average Bonchev–Trinajstić information content (AvgIpc) is 2.74. The maximum absolute atomic E-state index is 12.6. The zero-order valence-corrected chi connectivity index (χ0v) is 22.3. The third-order valence-electron chi connectivity index (χ3n) is 5.08. The first-order chi connectivity index (χ1) is 15.5. The van der Waals surface area contributed by atoms with Gasteiger partial charge in [0.05, 0.1) is 12.5 Å². The summed E-state index contributed by atoms with van der Waals surface area (Å²) in [5.74, 6) is -2.25. The minimum Gasteiger partial charge on any atom is -1.00 e. The number of aliphatic carboxylic acids is 1. The van der Waals surface area contributed by atoms with E-state index in [-0.39, 0.29) is 31.0 Å². The molecule has 3 rings (SSSR count). The van der Waals surface area contributed by atoms with E-state index >= 15 is 0 Å². The fraction of sp³-hybridized carbons (Fsp3) is 0.217. The van der Waals surface area contributed by atoms with Crippen molar-refractivity contribution in [3.63, 3.8) is 0 Å². The van der Waals surface area contributed by atoms with Crippen molar-refractivity contribution in [2.75, 3.05) is 7.05 Å². The third kappa shape index (κ3) is 6.84. The number of Topliss-reactive ketones (excluding diaryl/α,β-unsaturated/α-hetero) is 1. The van der Waals surface area contributed by atoms with Gasteiger partial charge in [0, 0.05) is 28.9 Å². The molecule has 0 saturated heterocycles. The molecule has 0 radical (unpaired) electrons. The van der Waals surface area contributed by atoms with E-state index in [4.69, 9.17) is 23.2 Å². The van der Waals surface area contributed by atoms with E-state index in [0.717, 1.165) is 11.1 Å². The maximum Gasteiger partial charge on any atom is 1.00 e. The molecular formula is C23H22Cl2N3NaO5. The number of likely N-dealkylation sites (N-methyl/N-ethyl adjacent to an activating group) is 1. The van der Waals surface area contributed by atoms with Crippen molar-refractivity contribution < 1.29 is 55.3 Å². The summed E-state index contributed by atoms with van der Waals surface area (Å²) in [6.45, 7) is 1.54. The van der Waals surface area contributed by atoms with Gasteiger partial charge >= 0.3 is 41.6 Å². The van der Waals surface area contributed by atoms with Crippen LogP contribution in [0, 0.1) is 0 Å². The number of rotatable bonds is 6. The van der Waals surface area contributed by atoms with Gasteiger partial charge in [0.15, 0.2) is 11.8 Å². The SMILES string of the molecule is CC1=CN(C)C(=O)C(NC(=O)NC(CC(=O)O)c2cccc(-c3cc(Cl)cc(Cl)c3)c2)C1=O.[H-].[Na+]. The number of benzene rings is 2. The molecule has 3 N–H and O–H groups in total. The number of carbonyl (C=O) groups is 4. The number of nitrogens with one attached hydrogen (secondary N) is 2. The summed E-state index contributed by atoms with van der Waals surface area (Å²) >= 11 is 12.2. The zero-order valence-electron chi connectivity index (χ0n) is 19.8. The molecule has 11 heteroatoms. The molecule has 1 aliphatic rings. The van der Waals surface area contributed by atoms with Gasteiger partial charge in [-0.25, -0.2) is 4.79 Å². The predicted octanol–water partition coefficient (Wildman–Crippen LogP) is 0.905. The molecular weight excluding hydrogens is 492 g/mol. The Morgan fingerprint density at radius 3 is 2.38 bits per heavy atom. The summed E-state index contributed by atoms with van der Waals surface area (Å²) in [7, 11) is 1.48. The van der Waals surface area contributed by atoms with Crippen LogP contribution in [0.25, 0.3) is 11.1 Å². The Morgan fingerprint density at radius 1 is 1.12 bits per heavy atom. The summed E-state index contributed by atoms with van der Waals surface area (Å²) in [6, 6.07) is 8.76. The van der Waals surface area contributed by atoms with Crippen LogP contribution in [0.5, 0.6) is 0 Å². The van der Waals surface area contributed by atoms with Crippen LogP contribution in [-0.4, -0.2) is 46.8 Å². The van der Waals surface area contributed by atoms with E-state index in [1.165, 1.54) is 18.1 Å². The molecule has 8 nitrogen and oxygen atoms in total. The van der Waals surface area contributed by atoms with E-state index in [0.29, 0.717) is 21.2 Å². The third-order valence-corrected chi connectivity index (χ3v) is 5.51. The van der Waals surface area contributed by atoms with E-state index in [1.54, 1.807) is 49.4 Å². The Balaban J connectivity index is 0.00000306. The molecule has 2 atom stereocenters. The first-order valence-corrected chi connectivity index (χ1v) is 10.7. The van der Waals surface area contributed by atoms with E-state index in [1.807, 2.05) is 0 Å². The van der Waals surface area contributed by atoms with Gasteiger partial charge < -0.3 is 22.1 Å². The molecule has 1 heterocycles. The summed E-state index contributed by atoms with van der Waals surface area (Å²) < 4.78 is 0. The fourth-order valence-electron chi connectivity index (χ4n) is 3.50. The second-order valence-electron chi connectivity index (χ2n) is 7.61. The molecule has 0 bridgehead atoms. The standard InChI is InChI=1S/C23H21Cl2N3O5.Na.H/c1-12-11-28(2)22(32)20(21(12)31)27-23(33)26-18(10-19(29)30)14-5-3-4-13(6-14)15-7-16(24)9-17(25)8-15;;/h3-9,11,18,20H,10H2,1-2H3,(H,29,30)(H2,26,27,33);;/q;+1;-1. The number of ketones is 1. The predicted molar refractivity (Wildman–Crippen MR) is 125 cm³/mol. The number of hydrogen-bond donors (Lipinski definition) is 3. The molecule has 2 aromatic rings. The number of nitrogens with zero attached hydrogens (tertiary/aromatic N) is 1. The minimum absolute atomic E-state index is 0. The van der Waals surface area contributed by atoms with Crippen LogP contribution in [0.2, 0.25) is 10.0 Å². The van der Waals surface area contributed by atoms with Gasteiger partial charge in [-0.1, -0.05) is 41.4 Å². The maximum atomic E-state index is 12.6. The molecule has 34 heavy (non-hydrogen) atoms. The Hall–Kier alpha value is -2.36. The normalized spacial score (nSPS) is 16.3. The van der Waals surface area contributed by atoms with E-state index < -0.39 is 42.2 Å². The van der Waals surface area contributed by atoms with Crippen molar-refractivity contribution in [2.45, 2.75) is 25.4 Å². The average molecular weight is 514 g/mol. The molecule has 0 fully saturated rings. The molecule has 0 aromatic heterocycles. The van der Waals surface area contributed by atoms with Crippen LogP contribution >= 0.6 is 23.2 Å². The summed E-state index contributed by atoms with van der Waals surface area (Å²) in [6.07, 6.45) is 0.972. The van der Waals surface area contributed by atoms with Crippen molar-refractivity contribution in [1.29, 1.82) is 0 Å². The zero-order chi connectivity index (χ0) is 24.3. The van der Waals surface area contributed by atoms with Gasteiger partial charge in [-0.2, -0.15) is 0 Å². The number of carboxylic acids is 1. The van der Waals surface area contributed by atoms with Crippen LogP contribution in [0.15, 0.2) is 54.2 Å². The number of amides is 3. The summed E-state index contributed by atoms with van der Waals surface area (Å²) in [5, 5.41) is 15.2. The van der Waals surface area contributed by atoms with Crippen molar-refractivity contribution in [2.24, 2.45) is 0 Å². The van der Waals surface area contributed by atoms with Gasteiger partial charge in [-0.05, 0) is 47.9 Å². The van der Waals surface area contributed by atoms with Crippen LogP contribution < -0.4 is 40.2 Å². The largest absolute Gasteiger partial charge is 1.00 e. The van der Waals surface area contributed by atoms with Crippen LogP contribution in [-0.2, 0) is 14.4 Å². The molecule has 1 aliphatic heterocycles. The van der Waals surface area contributed by atoms with Gasteiger partial charge in [0.2, 0.25) is 0 Å². The van der Waals surface area contributed by atoms with Crippen LogP contribution in [0.4, 0.5) is 4.79 Å². The quantitative estimate of drug-likeness (QED) is 0.392. The number of carboxylic acid groups (broad SMARTS) is 1. The van der Waals surface area contributed by atoms with Gasteiger partial charge in [-0.15, -0.1) is 0 Å². The number of halogens is 2. The van der Waals surface area contributed by atoms with E-state index in [2.05, 4.69) is 10.6 Å². The molecule has 0 saturated carbocycles. The number of hydrogen-bond acceptors (Lipinski definition) is 4. The molecule has 174 valence electrons. The molecule has 3 amide bonds. The minimum atomic E-state index is -1.38. The van der Waals surface area contributed by atoms with Crippen LogP contribution in [0.1, 0.15) is 26.4 Å². The second-order valence-corrected chi connectivity index (χ2v) is 8.48. The smallest absolute Gasteiger partial charge is 1.00 e. The topological polar surface area (TPSA) is 116 Å². The van der Waals surface area contributed by atoms with Crippen molar-refractivity contribution in [3.8, 4) is 11.1 Å². The number of carbonyl (C=O) groups excluding carboxylic acids is 3. The second kappa shape index (κ2) is 11.9. The van der Waals surface area contributed by atoms with Gasteiger partial charge in [-0.3, -0.25) is 14.4 Å². The Bertz CT molecular complexity index is 1160. The van der Waals surface area contributed by atoms with Crippen molar-refractivity contribution in [3.05, 3.63) is 69.8 Å².